The van der Waals surface area contributed by atoms with Gasteiger partial charge in [0.05, 0.1) is 53.0 Å². The van der Waals surface area contributed by atoms with Gasteiger partial charge in [-0.15, -0.1) is 22.7 Å². The second-order valence-electron chi connectivity index (χ2n) is 11.8. The number of methoxy groups -OCH3 is 1. The van der Waals surface area contributed by atoms with Crippen molar-refractivity contribution in [2.45, 2.75) is 6.92 Å². The van der Waals surface area contributed by atoms with Crippen LogP contribution >= 0.6 is 22.7 Å². The fourth-order valence-electron chi connectivity index (χ4n) is 6.22. The molecule has 2 aliphatic rings. The number of hydrogen-bond acceptors (Lipinski definition) is 13. The van der Waals surface area contributed by atoms with Crippen molar-refractivity contribution in [3.8, 4) is 28.6 Å². The first-order valence-electron chi connectivity index (χ1n) is 16.1. The fraction of sp³-hybridized carbons (Fsp3) is 0.167. The number of nitrogens with one attached hydrogen (secondary N) is 2. The van der Waals surface area contributed by atoms with E-state index in [9.17, 15) is 9.59 Å². The van der Waals surface area contributed by atoms with Gasteiger partial charge in [0.2, 0.25) is 0 Å². The highest BCUT2D eigenvalue weighted by molar-refractivity contribution is 7.25. The third-order valence-corrected chi connectivity index (χ3v) is 10.9. The second kappa shape index (κ2) is 12.4. The topological polar surface area (TPSA) is 147 Å². The monoisotopic (exact) mass is 716 g/mol. The predicted octanol–water partition coefficient (Wildman–Crippen LogP) is 5.92. The Morgan fingerprint density at radius 2 is 1.16 bits per heavy atom. The smallest absolute Gasteiger partial charge is 0.275 e. The van der Waals surface area contributed by atoms with Crippen LogP contribution in [0.15, 0.2) is 83.2 Å². The molecule has 0 saturated carbocycles. The molecule has 0 aliphatic carbocycles. The van der Waals surface area contributed by atoms with Crippen LogP contribution in [-0.2, 0) is 0 Å². The molecule has 2 aromatic carbocycles. The quantitative estimate of drug-likeness (QED) is 0.225. The summed E-state index contributed by atoms with van der Waals surface area (Å²) >= 11 is 2.72. The van der Waals surface area contributed by atoms with Crippen LogP contribution in [0.25, 0.3) is 52.2 Å². The summed E-state index contributed by atoms with van der Waals surface area (Å²) in [5.74, 6) is 2.15. The number of pyridine rings is 2. The molecule has 0 saturated heterocycles. The predicted molar refractivity (Wildman–Crippen MR) is 200 cm³/mol. The van der Waals surface area contributed by atoms with E-state index in [0.29, 0.717) is 51.7 Å². The SMILES string of the molecule is COc1ccc(-n2cnc3c(sc4ncc5c(c43)NCCO5)c2=O)cc1.Cc1ccc(-n2cnc3c(sc4ncc5c(c43)NCCO5)c2=O)cc1. The maximum Gasteiger partial charge on any atom is 0.275 e. The molecule has 0 atom stereocenters. The minimum Gasteiger partial charge on any atom is -0.497 e. The van der Waals surface area contributed by atoms with Gasteiger partial charge in [-0.2, -0.15) is 0 Å². The number of hydrogen-bond donors (Lipinski definition) is 2. The van der Waals surface area contributed by atoms with E-state index in [1.807, 2.05) is 55.5 Å². The molecule has 0 bridgehead atoms. The standard InChI is InChI=1S/C18H14N4O3S.C18H14N4O2S/c1-24-11-4-2-10(3-5-11)22-9-21-15-13-14-12(25-7-6-19-14)8-20-17(13)26-16(15)18(22)23;1-10-2-4-11(5-3-10)22-9-21-15-13-14-12(24-7-6-19-14)8-20-17(13)25-16(15)18(22)23/h2-5,8-9,19H,6-7H2,1H3;2-5,8-9,19H,6-7H2,1H3. The lowest BCUT2D eigenvalue weighted by atomic mass is 10.2. The first-order valence-corrected chi connectivity index (χ1v) is 17.7. The van der Waals surface area contributed by atoms with Gasteiger partial charge in [0.1, 0.15) is 61.7 Å². The van der Waals surface area contributed by atoms with Crippen molar-refractivity contribution in [1.82, 2.24) is 29.1 Å². The van der Waals surface area contributed by atoms with Crippen LogP contribution in [0.2, 0.25) is 0 Å². The Labute approximate surface area is 296 Å². The third-order valence-electron chi connectivity index (χ3n) is 8.74. The molecule has 8 heterocycles. The molecule has 0 unspecified atom stereocenters. The summed E-state index contributed by atoms with van der Waals surface area (Å²) in [4.78, 5) is 45.6. The van der Waals surface area contributed by atoms with Crippen LogP contribution < -0.4 is 36.0 Å². The average Bonchev–Trinajstić information content (AvgIpc) is 3.76. The summed E-state index contributed by atoms with van der Waals surface area (Å²) in [5, 5.41) is 8.40. The van der Waals surface area contributed by atoms with Gasteiger partial charge < -0.3 is 24.8 Å². The summed E-state index contributed by atoms with van der Waals surface area (Å²) in [7, 11) is 1.61. The van der Waals surface area contributed by atoms with Crippen molar-refractivity contribution in [3.63, 3.8) is 0 Å². The van der Waals surface area contributed by atoms with Crippen molar-refractivity contribution in [3.05, 3.63) is 99.9 Å². The summed E-state index contributed by atoms with van der Waals surface area (Å²) in [5.41, 5.74) is 5.56. The number of ether oxygens (including phenoxy) is 3. The number of fused-ring (bicyclic) bond motifs is 10. The van der Waals surface area contributed by atoms with Gasteiger partial charge in [-0.3, -0.25) is 18.7 Å². The summed E-state index contributed by atoms with van der Waals surface area (Å²) in [6.07, 6.45) is 6.55. The van der Waals surface area contributed by atoms with E-state index in [4.69, 9.17) is 14.2 Å². The van der Waals surface area contributed by atoms with Gasteiger partial charge >= 0.3 is 0 Å². The second-order valence-corrected chi connectivity index (χ2v) is 13.8. The van der Waals surface area contributed by atoms with Gasteiger partial charge in [-0.25, -0.2) is 19.9 Å². The van der Waals surface area contributed by atoms with Gasteiger partial charge in [-0.05, 0) is 43.3 Å². The highest BCUT2D eigenvalue weighted by Gasteiger charge is 2.23. The molecule has 0 radical (unpaired) electrons. The van der Waals surface area contributed by atoms with E-state index in [1.54, 1.807) is 36.7 Å². The molecule has 2 N–H and O–H groups in total. The number of aryl methyl sites for hydroxylation is 1. The van der Waals surface area contributed by atoms with Crippen molar-refractivity contribution in [2.75, 3.05) is 44.0 Å². The Bertz CT molecular complexity index is 2760. The third kappa shape index (κ3) is 5.20. The van der Waals surface area contributed by atoms with E-state index in [1.165, 1.54) is 27.2 Å². The van der Waals surface area contributed by atoms with E-state index in [-0.39, 0.29) is 11.1 Å². The van der Waals surface area contributed by atoms with E-state index in [2.05, 4.69) is 30.6 Å². The number of benzene rings is 2. The number of aromatic nitrogens is 6. The first kappa shape index (κ1) is 31.0. The summed E-state index contributed by atoms with van der Waals surface area (Å²) in [6, 6.07) is 15.1. The maximum atomic E-state index is 13.0. The molecule has 0 fully saturated rings. The van der Waals surface area contributed by atoms with Gasteiger partial charge in [0.25, 0.3) is 11.1 Å². The van der Waals surface area contributed by atoms with Crippen molar-refractivity contribution in [2.24, 2.45) is 0 Å². The highest BCUT2D eigenvalue weighted by Crippen LogP contribution is 2.42. The van der Waals surface area contributed by atoms with Crippen LogP contribution in [-0.4, -0.2) is 62.5 Å². The van der Waals surface area contributed by atoms with Gasteiger partial charge in [0.15, 0.2) is 11.5 Å². The molecule has 0 spiro atoms. The van der Waals surface area contributed by atoms with Crippen LogP contribution in [0.3, 0.4) is 0 Å². The Kier molecular flexibility index (Phi) is 7.51. The fourth-order valence-corrected chi connectivity index (χ4v) is 8.29. The zero-order chi connectivity index (χ0) is 34.6. The molecule has 0 amide bonds. The maximum absolute atomic E-state index is 13.0. The van der Waals surface area contributed by atoms with Gasteiger partial charge in [0, 0.05) is 13.1 Å². The molecule has 2 aliphatic heterocycles. The molecule has 51 heavy (non-hydrogen) atoms. The lowest BCUT2D eigenvalue weighted by Crippen LogP contribution is -2.19. The van der Waals surface area contributed by atoms with E-state index < -0.39 is 0 Å². The molecule has 15 heteroatoms. The van der Waals surface area contributed by atoms with Crippen LogP contribution in [0, 0.1) is 6.92 Å². The zero-order valence-corrected chi connectivity index (χ0v) is 28.9. The molecule has 10 rings (SSSR count). The Morgan fingerprint density at radius 1 is 0.686 bits per heavy atom. The number of rotatable bonds is 3. The molecular formula is C36H28N8O5S2. The molecule has 8 aromatic rings. The molecule has 13 nitrogen and oxygen atoms in total. The largest absolute Gasteiger partial charge is 0.497 e. The van der Waals surface area contributed by atoms with Crippen molar-refractivity contribution >= 4 is 74.9 Å². The van der Waals surface area contributed by atoms with Gasteiger partial charge in [-0.1, -0.05) is 17.7 Å². The normalized spacial score (nSPS) is 13.4. The average molecular weight is 717 g/mol. The highest BCUT2D eigenvalue weighted by atomic mass is 32.1. The van der Waals surface area contributed by atoms with Crippen LogP contribution in [0.5, 0.6) is 17.2 Å². The minimum absolute atomic E-state index is 0.0812. The Balaban J connectivity index is 0.000000137. The van der Waals surface area contributed by atoms with Crippen molar-refractivity contribution < 1.29 is 14.2 Å². The number of thiophene rings is 2. The summed E-state index contributed by atoms with van der Waals surface area (Å²) < 4.78 is 20.8. The molecule has 6 aromatic heterocycles. The zero-order valence-electron chi connectivity index (χ0n) is 27.3. The Hall–Kier alpha value is -6.06. The number of anilines is 2. The number of nitrogens with zero attached hydrogens (tertiary/aromatic N) is 6. The Morgan fingerprint density at radius 3 is 1.63 bits per heavy atom. The minimum atomic E-state index is -0.117. The lowest BCUT2D eigenvalue weighted by Gasteiger charge is -2.19. The van der Waals surface area contributed by atoms with Crippen molar-refractivity contribution in [1.29, 1.82) is 0 Å². The van der Waals surface area contributed by atoms with Crippen LogP contribution in [0.4, 0.5) is 11.4 Å². The van der Waals surface area contributed by atoms with E-state index in [0.717, 1.165) is 61.0 Å². The lowest BCUT2D eigenvalue weighted by molar-refractivity contribution is 0.322. The van der Waals surface area contributed by atoms with E-state index >= 15 is 0 Å². The molecule has 254 valence electrons. The van der Waals surface area contributed by atoms with Crippen LogP contribution in [0.1, 0.15) is 5.56 Å². The summed E-state index contributed by atoms with van der Waals surface area (Å²) in [6.45, 7) is 4.66. The molecular weight excluding hydrogens is 689 g/mol. The first-order chi connectivity index (χ1) is 25.0.